The average molecular weight is 297 g/mol. The Labute approximate surface area is 128 Å². The lowest BCUT2D eigenvalue weighted by Gasteiger charge is -2.09. The van der Waals surface area contributed by atoms with E-state index in [0.717, 1.165) is 23.8 Å². The first kappa shape index (κ1) is 14.6. The molecular weight excluding hydrogens is 280 g/mol. The molecule has 0 spiro atoms. The van der Waals surface area contributed by atoms with Crippen LogP contribution in [0.4, 0.5) is 8.78 Å². The third-order valence-corrected chi connectivity index (χ3v) is 3.86. The second-order valence-electron chi connectivity index (χ2n) is 5.41. The van der Waals surface area contributed by atoms with Crippen molar-refractivity contribution in [3.63, 3.8) is 0 Å². The molecule has 1 nitrogen and oxygen atoms in total. The molecule has 1 heterocycles. The zero-order valence-electron chi connectivity index (χ0n) is 12.4. The molecule has 0 aliphatic carbocycles. The number of fused-ring (bicyclic) bond motifs is 1. The van der Waals surface area contributed by atoms with Crippen molar-refractivity contribution in [1.29, 1.82) is 0 Å². The first-order chi connectivity index (χ1) is 10.7. The van der Waals surface area contributed by atoms with E-state index in [1.165, 1.54) is 12.1 Å². The van der Waals surface area contributed by atoms with Gasteiger partial charge < -0.3 is 0 Å². The lowest BCUT2D eigenvalue weighted by atomic mass is 9.99. The lowest BCUT2D eigenvalue weighted by molar-refractivity contribution is 0.603. The lowest BCUT2D eigenvalue weighted by Crippen LogP contribution is -1.94. The van der Waals surface area contributed by atoms with Crippen molar-refractivity contribution in [2.45, 2.75) is 26.2 Å². The van der Waals surface area contributed by atoms with Crippen LogP contribution in [0, 0.1) is 11.6 Å². The van der Waals surface area contributed by atoms with Crippen molar-refractivity contribution < 1.29 is 8.78 Å². The van der Waals surface area contributed by atoms with E-state index in [9.17, 15) is 8.78 Å². The molecule has 0 radical (unpaired) electrons. The van der Waals surface area contributed by atoms with Gasteiger partial charge in [0.1, 0.15) is 11.6 Å². The van der Waals surface area contributed by atoms with Gasteiger partial charge in [-0.1, -0.05) is 25.5 Å². The minimum absolute atomic E-state index is 0.210. The topological polar surface area (TPSA) is 12.9 Å². The zero-order chi connectivity index (χ0) is 15.5. The fourth-order valence-corrected chi connectivity index (χ4v) is 2.69. The maximum absolute atomic E-state index is 14.2. The van der Waals surface area contributed by atoms with Crippen LogP contribution in [0.1, 0.15) is 25.3 Å². The second-order valence-corrected chi connectivity index (χ2v) is 5.41. The summed E-state index contributed by atoms with van der Waals surface area (Å²) in [5.74, 6) is -0.516. The van der Waals surface area contributed by atoms with E-state index in [2.05, 4.69) is 11.9 Å². The molecule has 0 bridgehead atoms. The summed E-state index contributed by atoms with van der Waals surface area (Å²) in [6, 6.07) is 11.6. The van der Waals surface area contributed by atoms with Gasteiger partial charge in [-0.25, -0.2) is 8.78 Å². The van der Waals surface area contributed by atoms with Crippen molar-refractivity contribution in [2.75, 3.05) is 0 Å². The number of aryl methyl sites for hydroxylation is 1. The maximum Gasteiger partial charge on any atom is 0.133 e. The molecule has 0 fully saturated rings. The molecule has 0 amide bonds. The van der Waals surface area contributed by atoms with E-state index in [1.807, 2.05) is 6.07 Å². The van der Waals surface area contributed by atoms with Gasteiger partial charge in [0.15, 0.2) is 0 Å². The minimum atomic E-state index is -0.306. The van der Waals surface area contributed by atoms with E-state index >= 15 is 0 Å². The molecule has 1 aromatic heterocycles. The molecule has 3 aromatic rings. The van der Waals surface area contributed by atoms with Crippen molar-refractivity contribution in [3.8, 4) is 11.3 Å². The van der Waals surface area contributed by atoms with Crippen LogP contribution in [0.5, 0.6) is 0 Å². The van der Waals surface area contributed by atoms with Crippen molar-refractivity contribution in [3.05, 3.63) is 65.9 Å². The average Bonchev–Trinajstić information content (AvgIpc) is 2.54. The Kier molecular flexibility index (Phi) is 4.14. The molecule has 0 aliphatic rings. The van der Waals surface area contributed by atoms with Crippen LogP contribution in [0.25, 0.3) is 22.0 Å². The smallest absolute Gasteiger partial charge is 0.133 e. The largest absolute Gasteiger partial charge is 0.255 e. The van der Waals surface area contributed by atoms with E-state index in [1.54, 1.807) is 30.5 Å². The molecule has 2 aromatic carbocycles. The molecule has 0 saturated heterocycles. The molecule has 0 atom stereocenters. The Balaban J connectivity index is 2.15. The highest BCUT2D eigenvalue weighted by atomic mass is 19.1. The van der Waals surface area contributed by atoms with Crippen LogP contribution in [-0.2, 0) is 6.42 Å². The molecular formula is C19H17F2N. The Morgan fingerprint density at radius 1 is 1.00 bits per heavy atom. The highest BCUT2D eigenvalue weighted by molar-refractivity contribution is 5.94. The molecule has 0 unspecified atom stereocenters. The van der Waals surface area contributed by atoms with Gasteiger partial charge in [-0.2, -0.15) is 0 Å². The van der Waals surface area contributed by atoms with Crippen molar-refractivity contribution >= 4 is 10.8 Å². The fourth-order valence-electron chi connectivity index (χ4n) is 2.69. The Morgan fingerprint density at radius 2 is 1.86 bits per heavy atom. The van der Waals surface area contributed by atoms with Crippen LogP contribution >= 0.6 is 0 Å². The van der Waals surface area contributed by atoms with Crippen LogP contribution in [-0.4, -0.2) is 4.98 Å². The Hall–Kier alpha value is -2.29. The first-order valence-electron chi connectivity index (χ1n) is 7.52. The van der Waals surface area contributed by atoms with Crippen LogP contribution < -0.4 is 0 Å². The number of hydrogen-bond donors (Lipinski definition) is 0. The number of rotatable bonds is 4. The number of aromatic nitrogens is 1. The summed E-state index contributed by atoms with van der Waals surface area (Å²) in [6.45, 7) is 2.07. The van der Waals surface area contributed by atoms with Gasteiger partial charge in [0, 0.05) is 17.1 Å². The molecule has 3 rings (SSSR count). The fraction of sp³-hybridized carbons (Fsp3) is 0.211. The Morgan fingerprint density at radius 3 is 2.68 bits per heavy atom. The number of nitrogens with zero attached hydrogens (tertiary/aromatic N) is 1. The van der Waals surface area contributed by atoms with E-state index in [4.69, 9.17) is 0 Å². The van der Waals surface area contributed by atoms with Crippen molar-refractivity contribution in [2.24, 2.45) is 0 Å². The van der Waals surface area contributed by atoms with Gasteiger partial charge in [-0.15, -0.1) is 0 Å². The monoisotopic (exact) mass is 297 g/mol. The highest BCUT2D eigenvalue weighted by Crippen LogP contribution is 2.30. The Bertz CT molecular complexity index is 806. The quantitative estimate of drug-likeness (QED) is 0.617. The number of hydrogen-bond acceptors (Lipinski definition) is 1. The first-order valence-corrected chi connectivity index (χ1v) is 7.52. The highest BCUT2D eigenvalue weighted by Gasteiger charge is 2.11. The molecule has 0 N–H and O–H groups in total. The third kappa shape index (κ3) is 2.71. The normalized spacial score (nSPS) is 11.0. The predicted octanol–water partition coefficient (Wildman–Crippen LogP) is 5.52. The standard InChI is InChI=1S/C19H17F2N/c1-2-3-5-14-12-15(8-9-16(14)20)19-18-13(10-11-22-19)6-4-7-17(18)21/h4,6-12H,2-3,5H2,1H3. The van der Waals surface area contributed by atoms with Gasteiger partial charge in [0.05, 0.1) is 5.69 Å². The molecule has 0 saturated carbocycles. The maximum atomic E-state index is 14.2. The summed E-state index contributed by atoms with van der Waals surface area (Å²) in [4.78, 5) is 4.33. The SMILES string of the molecule is CCCCc1cc(-c2nccc3cccc(F)c23)ccc1F. The van der Waals surface area contributed by atoms with Crippen LogP contribution in [0.3, 0.4) is 0 Å². The van der Waals surface area contributed by atoms with Crippen LogP contribution in [0.15, 0.2) is 48.7 Å². The number of halogens is 2. The zero-order valence-corrected chi connectivity index (χ0v) is 12.4. The van der Waals surface area contributed by atoms with Gasteiger partial charge in [-0.3, -0.25) is 4.98 Å². The second kappa shape index (κ2) is 6.22. The molecule has 112 valence electrons. The summed E-state index contributed by atoms with van der Waals surface area (Å²) in [5, 5.41) is 1.28. The summed E-state index contributed by atoms with van der Waals surface area (Å²) in [5.41, 5.74) is 1.98. The minimum Gasteiger partial charge on any atom is -0.255 e. The van der Waals surface area contributed by atoms with Gasteiger partial charge in [-0.05, 0) is 54.1 Å². The molecule has 0 aliphatic heterocycles. The molecule has 22 heavy (non-hydrogen) atoms. The summed E-state index contributed by atoms with van der Waals surface area (Å²) in [7, 11) is 0. The van der Waals surface area contributed by atoms with Crippen molar-refractivity contribution in [1.82, 2.24) is 4.98 Å². The van der Waals surface area contributed by atoms with Gasteiger partial charge >= 0.3 is 0 Å². The summed E-state index contributed by atoms with van der Waals surface area (Å²) >= 11 is 0. The number of pyridine rings is 1. The van der Waals surface area contributed by atoms with E-state index in [0.29, 0.717) is 23.1 Å². The number of benzene rings is 2. The molecule has 3 heteroatoms. The van der Waals surface area contributed by atoms with Gasteiger partial charge in [0.25, 0.3) is 0 Å². The summed E-state index contributed by atoms with van der Waals surface area (Å²) in [6.07, 6.45) is 4.28. The van der Waals surface area contributed by atoms with E-state index < -0.39 is 0 Å². The predicted molar refractivity (Wildman–Crippen MR) is 85.7 cm³/mol. The van der Waals surface area contributed by atoms with Crippen LogP contribution in [0.2, 0.25) is 0 Å². The van der Waals surface area contributed by atoms with E-state index in [-0.39, 0.29) is 11.6 Å². The number of unbranched alkanes of at least 4 members (excludes halogenated alkanes) is 1. The van der Waals surface area contributed by atoms with Gasteiger partial charge in [0.2, 0.25) is 0 Å². The third-order valence-electron chi connectivity index (χ3n) is 3.86. The summed E-state index contributed by atoms with van der Waals surface area (Å²) < 4.78 is 28.1.